The van der Waals surface area contributed by atoms with E-state index in [1.54, 1.807) is 5.32 Å². The Morgan fingerprint density at radius 1 is 1.55 bits per heavy atom. The Bertz CT molecular complexity index is 832. The first-order valence-corrected chi connectivity index (χ1v) is 8.77. The van der Waals surface area contributed by atoms with Crippen molar-refractivity contribution in [3.8, 4) is 11.8 Å². The molecular weight excluding hydrogens is 397 g/mol. The number of aliphatic hydroxyl groups excluding tert-OH is 1. The average molecular weight is 418 g/mol. The van der Waals surface area contributed by atoms with E-state index in [1.807, 2.05) is 6.92 Å². The standard InChI is InChI=1S/C17H21F3N4O5/c1-2-28-12-8-13(29-11(12)5-7-25)24-9-10(14(21)23-16(24)27)4-3-6-22-15(26)17(18,19)20/h9,11-13,25H,2,5-8H2,1H3,(H,22,26)(H2,21,23,27)/t11?,12-,13-/m1/s1. The van der Waals surface area contributed by atoms with Gasteiger partial charge < -0.3 is 25.6 Å². The molecule has 0 spiro atoms. The Hall–Kier alpha value is -2.62. The third-order valence-electron chi connectivity index (χ3n) is 4.08. The predicted octanol–water partition coefficient (Wildman–Crippen LogP) is -0.0695. The molecule has 1 saturated heterocycles. The number of alkyl halides is 3. The van der Waals surface area contributed by atoms with Gasteiger partial charge in [-0.3, -0.25) is 9.36 Å². The predicted molar refractivity (Wildman–Crippen MR) is 94.5 cm³/mol. The summed E-state index contributed by atoms with van der Waals surface area (Å²) in [4.78, 5) is 26.6. The van der Waals surface area contributed by atoms with Crippen molar-refractivity contribution in [3.63, 3.8) is 0 Å². The second kappa shape index (κ2) is 9.73. The molecule has 1 aliphatic rings. The zero-order chi connectivity index (χ0) is 21.6. The lowest BCUT2D eigenvalue weighted by molar-refractivity contribution is -0.173. The Kier molecular flexibility index (Phi) is 7.60. The van der Waals surface area contributed by atoms with Crippen LogP contribution in [0.1, 0.15) is 31.6 Å². The van der Waals surface area contributed by atoms with Crippen LogP contribution in [0.5, 0.6) is 0 Å². The van der Waals surface area contributed by atoms with Gasteiger partial charge in [-0.1, -0.05) is 11.8 Å². The van der Waals surface area contributed by atoms with Crippen LogP contribution in [-0.4, -0.2) is 58.7 Å². The van der Waals surface area contributed by atoms with E-state index in [9.17, 15) is 22.8 Å². The number of aliphatic hydroxyl groups is 1. The number of hydrogen-bond donors (Lipinski definition) is 3. The maximum Gasteiger partial charge on any atom is 0.471 e. The molecule has 4 N–H and O–H groups in total. The number of nitrogens with two attached hydrogens (primary N) is 1. The van der Waals surface area contributed by atoms with Gasteiger partial charge in [-0.15, -0.1) is 0 Å². The van der Waals surface area contributed by atoms with Gasteiger partial charge in [-0.05, 0) is 13.3 Å². The maximum absolute atomic E-state index is 12.2. The lowest BCUT2D eigenvalue weighted by Gasteiger charge is -2.17. The first-order valence-electron chi connectivity index (χ1n) is 8.77. The SMILES string of the molecule is CCO[C@@H]1C[C@H](n2cc(C#CCNC(=O)C(F)(F)F)c(N)nc2=O)OC1CCO. The first-order chi connectivity index (χ1) is 13.7. The van der Waals surface area contributed by atoms with Gasteiger partial charge in [0.15, 0.2) is 0 Å². The average Bonchev–Trinajstić information content (AvgIpc) is 3.02. The van der Waals surface area contributed by atoms with Gasteiger partial charge in [-0.25, -0.2) is 4.79 Å². The molecule has 1 aromatic heterocycles. The largest absolute Gasteiger partial charge is 0.471 e. The number of aromatic nitrogens is 2. The minimum absolute atomic E-state index is 0.0908. The van der Waals surface area contributed by atoms with Crippen molar-refractivity contribution in [2.75, 3.05) is 25.5 Å². The van der Waals surface area contributed by atoms with Crippen LogP contribution in [0.3, 0.4) is 0 Å². The summed E-state index contributed by atoms with van der Waals surface area (Å²) in [5, 5.41) is 10.8. The molecule has 2 heterocycles. The number of carbonyl (C=O) groups excluding carboxylic acids is 1. The molecule has 3 atom stereocenters. The lowest BCUT2D eigenvalue weighted by atomic mass is 10.1. The van der Waals surface area contributed by atoms with Gasteiger partial charge in [0.25, 0.3) is 0 Å². The summed E-state index contributed by atoms with van der Waals surface area (Å²) < 4.78 is 49.0. The highest BCUT2D eigenvalue weighted by Crippen LogP contribution is 2.31. The summed E-state index contributed by atoms with van der Waals surface area (Å²) in [6.07, 6.45) is -4.53. The van der Waals surface area contributed by atoms with E-state index < -0.39 is 36.6 Å². The van der Waals surface area contributed by atoms with Gasteiger partial charge in [-0.2, -0.15) is 18.2 Å². The molecule has 0 bridgehead atoms. The minimum Gasteiger partial charge on any atom is -0.396 e. The molecule has 1 aromatic rings. The topological polar surface area (TPSA) is 129 Å². The van der Waals surface area contributed by atoms with Crippen molar-refractivity contribution in [3.05, 3.63) is 22.2 Å². The normalized spacial score (nSPS) is 21.5. The second-order valence-electron chi connectivity index (χ2n) is 6.08. The molecule has 29 heavy (non-hydrogen) atoms. The van der Waals surface area contributed by atoms with Crippen LogP contribution in [0.2, 0.25) is 0 Å². The van der Waals surface area contributed by atoms with E-state index >= 15 is 0 Å². The smallest absolute Gasteiger partial charge is 0.396 e. The number of rotatable bonds is 6. The quantitative estimate of drug-likeness (QED) is 0.552. The van der Waals surface area contributed by atoms with Gasteiger partial charge in [0.2, 0.25) is 0 Å². The summed E-state index contributed by atoms with van der Waals surface area (Å²) in [5.41, 5.74) is 5.06. The van der Waals surface area contributed by atoms with Crippen LogP contribution in [0.4, 0.5) is 19.0 Å². The van der Waals surface area contributed by atoms with Gasteiger partial charge >= 0.3 is 17.8 Å². The van der Waals surface area contributed by atoms with Gasteiger partial charge in [0, 0.05) is 25.8 Å². The summed E-state index contributed by atoms with van der Waals surface area (Å²) in [6.45, 7) is 1.56. The molecule has 9 nitrogen and oxygen atoms in total. The van der Waals surface area contributed by atoms with Crippen LogP contribution < -0.4 is 16.7 Å². The number of carbonyl (C=O) groups is 1. The monoisotopic (exact) mass is 418 g/mol. The molecule has 1 amide bonds. The van der Waals surface area contributed by atoms with Crippen molar-refractivity contribution < 1.29 is 32.5 Å². The fourth-order valence-corrected chi connectivity index (χ4v) is 2.79. The molecule has 1 aliphatic heterocycles. The fraction of sp³-hybridized carbons (Fsp3) is 0.588. The zero-order valence-electron chi connectivity index (χ0n) is 15.5. The number of nitrogen functional groups attached to an aromatic ring is 1. The van der Waals surface area contributed by atoms with Crippen molar-refractivity contribution in [2.24, 2.45) is 0 Å². The molecular formula is C17H21F3N4O5. The van der Waals surface area contributed by atoms with E-state index in [0.29, 0.717) is 19.4 Å². The van der Waals surface area contributed by atoms with Gasteiger partial charge in [0.05, 0.1) is 24.3 Å². The molecule has 1 unspecified atom stereocenters. The van der Waals surface area contributed by atoms with E-state index in [-0.39, 0.29) is 24.1 Å². The number of hydrogen-bond acceptors (Lipinski definition) is 7. The van der Waals surface area contributed by atoms with E-state index in [4.69, 9.17) is 20.3 Å². The van der Waals surface area contributed by atoms with Crippen LogP contribution in [0.25, 0.3) is 0 Å². The van der Waals surface area contributed by atoms with E-state index in [2.05, 4.69) is 16.8 Å². The van der Waals surface area contributed by atoms with Crippen LogP contribution in [0, 0.1) is 11.8 Å². The third-order valence-corrected chi connectivity index (χ3v) is 4.08. The van der Waals surface area contributed by atoms with Crippen LogP contribution >= 0.6 is 0 Å². The molecule has 12 heteroatoms. The van der Waals surface area contributed by atoms with Crippen molar-refractivity contribution in [1.82, 2.24) is 14.9 Å². The van der Waals surface area contributed by atoms with Crippen molar-refractivity contribution >= 4 is 11.7 Å². The molecule has 1 fully saturated rings. The molecule has 0 aliphatic carbocycles. The Morgan fingerprint density at radius 3 is 2.90 bits per heavy atom. The van der Waals surface area contributed by atoms with Crippen LogP contribution in [0.15, 0.2) is 11.0 Å². The summed E-state index contributed by atoms with van der Waals surface area (Å²) >= 11 is 0. The van der Waals surface area contributed by atoms with Crippen molar-refractivity contribution in [1.29, 1.82) is 0 Å². The minimum atomic E-state index is -5.00. The number of amides is 1. The summed E-state index contributed by atoms with van der Waals surface area (Å²) in [7, 11) is 0. The fourth-order valence-electron chi connectivity index (χ4n) is 2.79. The molecule has 160 valence electrons. The first kappa shape index (κ1) is 22.7. The lowest BCUT2D eigenvalue weighted by Crippen LogP contribution is -2.36. The molecule has 0 radical (unpaired) electrons. The number of halogens is 3. The summed E-state index contributed by atoms with van der Waals surface area (Å²) in [5.74, 6) is 2.49. The Balaban J connectivity index is 2.17. The number of nitrogens with one attached hydrogen (secondary N) is 1. The third kappa shape index (κ3) is 5.93. The highest BCUT2D eigenvalue weighted by molar-refractivity contribution is 5.81. The summed E-state index contributed by atoms with van der Waals surface area (Å²) in [6, 6.07) is 0. The van der Waals surface area contributed by atoms with E-state index in [1.165, 1.54) is 6.20 Å². The second-order valence-corrected chi connectivity index (χ2v) is 6.08. The highest BCUT2D eigenvalue weighted by Gasteiger charge is 2.38. The Morgan fingerprint density at radius 2 is 2.28 bits per heavy atom. The van der Waals surface area contributed by atoms with Crippen LogP contribution in [-0.2, 0) is 14.3 Å². The highest BCUT2D eigenvalue weighted by atomic mass is 19.4. The molecule has 0 saturated carbocycles. The van der Waals surface area contributed by atoms with Crippen molar-refractivity contribution in [2.45, 2.75) is 44.4 Å². The molecule has 2 rings (SSSR count). The zero-order valence-corrected chi connectivity index (χ0v) is 15.5. The van der Waals surface area contributed by atoms with E-state index in [0.717, 1.165) is 4.57 Å². The Labute approximate surface area is 164 Å². The maximum atomic E-state index is 12.2. The molecule has 0 aromatic carbocycles. The number of anilines is 1. The van der Waals surface area contributed by atoms with Gasteiger partial charge in [0.1, 0.15) is 12.0 Å². The number of nitrogens with zero attached hydrogens (tertiary/aromatic N) is 2. The number of ether oxygens (including phenoxy) is 2.